The van der Waals surface area contributed by atoms with Crippen molar-refractivity contribution < 1.29 is 20.1 Å². The summed E-state index contributed by atoms with van der Waals surface area (Å²) in [6, 6.07) is 1.66. The molecule has 4 atom stereocenters. The van der Waals surface area contributed by atoms with Crippen molar-refractivity contribution in [3.05, 3.63) is 44.8 Å². The zero-order valence-electron chi connectivity index (χ0n) is 11.6. The second-order valence-corrected chi connectivity index (χ2v) is 4.97. The molecule has 1 aromatic rings. The van der Waals surface area contributed by atoms with E-state index in [0.29, 0.717) is 0 Å². The highest BCUT2D eigenvalue weighted by Gasteiger charge is 2.54. The van der Waals surface area contributed by atoms with Crippen LogP contribution in [-0.2, 0) is 4.74 Å². The summed E-state index contributed by atoms with van der Waals surface area (Å²) < 4.78 is 6.25. The Morgan fingerprint density at radius 3 is 2.86 bits per heavy atom. The van der Waals surface area contributed by atoms with Crippen LogP contribution in [0.5, 0.6) is 0 Å². The zero-order valence-corrected chi connectivity index (χ0v) is 11.6. The van der Waals surface area contributed by atoms with Gasteiger partial charge in [0, 0.05) is 17.8 Å². The number of rotatable bonds is 3. The molecule has 0 amide bonds. The fourth-order valence-electron chi connectivity index (χ4n) is 2.33. The van der Waals surface area contributed by atoms with E-state index in [1.807, 2.05) is 0 Å². The molecule has 4 N–H and O–H groups in total. The first kappa shape index (κ1) is 16.1. The number of nitriles is 1. The fourth-order valence-corrected chi connectivity index (χ4v) is 2.33. The summed E-state index contributed by atoms with van der Waals surface area (Å²) in [5, 5.41) is 38.6. The van der Waals surface area contributed by atoms with Crippen LogP contribution in [0.15, 0.2) is 27.9 Å². The number of ether oxygens (including phenoxy) is 1. The lowest BCUT2D eigenvalue weighted by molar-refractivity contribution is -0.0656. The van der Waals surface area contributed by atoms with E-state index in [9.17, 15) is 24.9 Å². The molecule has 0 aliphatic carbocycles. The molecule has 0 spiro atoms. The van der Waals surface area contributed by atoms with Gasteiger partial charge in [-0.15, -0.1) is 0 Å². The highest BCUT2D eigenvalue weighted by atomic mass is 16.6. The van der Waals surface area contributed by atoms with Crippen LogP contribution in [0.1, 0.15) is 11.8 Å². The molecule has 9 heteroatoms. The Morgan fingerprint density at radius 2 is 2.27 bits per heavy atom. The van der Waals surface area contributed by atoms with Gasteiger partial charge < -0.3 is 20.1 Å². The first-order valence-corrected chi connectivity index (χ1v) is 6.41. The largest absolute Gasteiger partial charge is 0.394 e. The van der Waals surface area contributed by atoms with Crippen LogP contribution >= 0.6 is 0 Å². The summed E-state index contributed by atoms with van der Waals surface area (Å²) in [5.41, 5.74) is -3.24. The van der Waals surface area contributed by atoms with Gasteiger partial charge in [0.2, 0.25) is 0 Å². The zero-order chi connectivity index (χ0) is 16.5. The third-order valence-electron chi connectivity index (χ3n) is 3.57. The van der Waals surface area contributed by atoms with E-state index in [0.717, 1.165) is 16.7 Å². The lowest BCUT2D eigenvalue weighted by Gasteiger charge is -2.26. The molecule has 2 rings (SSSR count). The molecular weight excluding hydrogens is 294 g/mol. The fraction of sp³-hybridized carbons (Fsp3) is 0.462. The summed E-state index contributed by atoms with van der Waals surface area (Å²) in [6.45, 7) is 0.818. The summed E-state index contributed by atoms with van der Waals surface area (Å²) in [5.74, 6) is 0. The van der Waals surface area contributed by atoms with E-state index in [1.165, 1.54) is 13.1 Å². The first-order valence-electron chi connectivity index (χ1n) is 6.41. The average molecular weight is 309 g/mol. The Labute approximate surface area is 124 Å². The van der Waals surface area contributed by atoms with Crippen LogP contribution in [0, 0.1) is 18.3 Å². The van der Waals surface area contributed by atoms with Gasteiger partial charge in [0.15, 0.2) is 6.23 Å². The molecule has 1 fully saturated rings. The van der Waals surface area contributed by atoms with E-state index >= 15 is 0 Å². The lowest BCUT2D eigenvalue weighted by atomic mass is 9.92. The Balaban J connectivity index is 2.49. The van der Waals surface area contributed by atoms with Crippen molar-refractivity contribution in [3.8, 4) is 6.07 Å². The normalized spacial score (nSPS) is 31.5. The molecular formula is C13H15N3O6. The van der Waals surface area contributed by atoms with Crippen molar-refractivity contribution in [2.45, 2.75) is 31.0 Å². The third-order valence-corrected chi connectivity index (χ3v) is 3.57. The minimum Gasteiger partial charge on any atom is -0.394 e. The highest BCUT2D eigenvalue weighted by Crippen LogP contribution is 2.37. The lowest BCUT2D eigenvalue weighted by Crippen LogP contribution is -2.48. The highest BCUT2D eigenvalue weighted by molar-refractivity contribution is 5.19. The van der Waals surface area contributed by atoms with Gasteiger partial charge in [-0.2, -0.15) is 5.26 Å². The number of H-pyrrole nitrogens is 1. The van der Waals surface area contributed by atoms with Crippen LogP contribution < -0.4 is 11.2 Å². The molecule has 9 nitrogen and oxygen atoms in total. The van der Waals surface area contributed by atoms with Crippen molar-refractivity contribution in [3.63, 3.8) is 0 Å². The summed E-state index contributed by atoms with van der Waals surface area (Å²) in [4.78, 5) is 25.3. The average Bonchev–Trinajstić information content (AvgIpc) is 2.73. The van der Waals surface area contributed by atoms with Crippen molar-refractivity contribution in [1.29, 1.82) is 5.26 Å². The smallest absolute Gasteiger partial charge is 0.330 e. The van der Waals surface area contributed by atoms with Crippen molar-refractivity contribution >= 4 is 0 Å². The Bertz CT molecular complexity index is 745. The molecule has 0 radical (unpaired) electrons. The first-order chi connectivity index (χ1) is 10.3. The van der Waals surface area contributed by atoms with Gasteiger partial charge in [-0.3, -0.25) is 14.3 Å². The maximum absolute atomic E-state index is 11.8. The number of aromatic nitrogens is 2. The molecule has 0 saturated carbocycles. The molecule has 2 heterocycles. The van der Waals surface area contributed by atoms with Crippen molar-refractivity contribution in [2.75, 3.05) is 6.61 Å². The van der Waals surface area contributed by atoms with E-state index in [2.05, 4.69) is 4.98 Å². The Hall–Kier alpha value is -2.25. The van der Waals surface area contributed by atoms with Gasteiger partial charge in [0.25, 0.3) is 5.56 Å². The Kier molecular flexibility index (Phi) is 4.30. The molecule has 1 aromatic heterocycles. The maximum Gasteiger partial charge on any atom is 0.330 e. The standard InChI is InChI=1S/C13H15N3O6/c1-7-5-16(12(20)15-10(7)19)11-9(18)13(21,3-2-4-14)8(6-17)22-11/h2-3,5,8-9,11,17-18,21H,6H2,1H3,(H,15,19,20)/t8-,9?,11-,13?/m1/s1. The molecule has 118 valence electrons. The molecule has 2 unspecified atom stereocenters. The van der Waals surface area contributed by atoms with Gasteiger partial charge in [-0.25, -0.2) is 4.79 Å². The predicted molar refractivity (Wildman–Crippen MR) is 72.8 cm³/mol. The second-order valence-electron chi connectivity index (χ2n) is 4.97. The molecule has 1 aliphatic rings. The minimum atomic E-state index is -2.04. The molecule has 0 aromatic carbocycles. The van der Waals surface area contributed by atoms with Gasteiger partial charge in [-0.1, -0.05) is 0 Å². The van der Waals surface area contributed by atoms with Gasteiger partial charge in [0.05, 0.1) is 12.7 Å². The van der Waals surface area contributed by atoms with E-state index in [4.69, 9.17) is 10.00 Å². The predicted octanol–water partition coefficient (Wildman–Crippen LogP) is -2.09. The Morgan fingerprint density at radius 1 is 1.59 bits per heavy atom. The van der Waals surface area contributed by atoms with Crippen LogP contribution in [0.25, 0.3) is 0 Å². The SMILES string of the molecule is Cc1cn([C@@H]2O[C@H](CO)C(O)(C=CC#N)C2O)c(=O)[nH]c1=O. The number of hydrogen-bond acceptors (Lipinski definition) is 7. The molecule has 0 bridgehead atoms. The van der Waals surface area contributed by atoms with Gasteiger partial charge >= 0.3 is 5.69 Å². The van der Waals surface area contributed by atoms with Crippen LogP contribution in [0.4, 0.5) is 0 Å². The van der Waals surface area contributed by atoms with Crippen molar-refractivity contribution in [1.82, 2.24) is 9.55 Å². The number of aliphatic hydroxyl groups excluding tert-OH is 2. The number of aliphatic hydroxyl groups is 3. The molecule has 1 aliphatic heterocycles. The number of nitrogens with one attached hydrogen (secondary N) is 1. The van der Waals surface area contributed by atoms with E-state index in [1.54, 1.807) is 6.07 Å². The van der Waals surface area contributed by atoms with E-state index < -0.39 is 41.9 Å². The van der Waals surface area contributed by atoms with Crippen molar-refractivity contribution in [2.24, 2.45) is 0 Å². The number of allylic oxidation sites excluding steroid dienone is 1. The second kappa shape index (κ2) is 5.86. The van der Waals surface area contributed by atoms with Gasteiger partial charge in [-0.05, 0) is 13.0 Å². The maximum atomic E-state index is 11.8. The number of aromatic amines is 1. The van der Waals surface area contributed by atoms with Gasteiger partial charge in [0.1, 0.15) is 17.8 Å². The molecule has 22 heavy (non-hydrogen) atoms. The number of aryl methyl sites for hydroxylation is 1. The third kappa shape index (κ3) is 2.49. The van der Waals surface area contributed by atoms with E-state index in [-0.39, 0.29) is 5.56 Å². The topological polar surface area (TPSA) is 149 Å². The monoisotopic (exact) mass is 309 g/mol. The number of hydrogen-bond donors (Lipinski definition) is 4. The summed E-state index contributed by atoms with van der Waals surface area (Å²) >= 11 is 0. The minimum absolute atomic E-state index is 0.207. The van der Waals surface area contributed by atoms with Crippen LogP contribution in [-0.4, -0.2) is 49.3 Å². The van der Waals surface area contributed by atoms with Crippen LogP contribution in [0.3, 0.4) is 0 Å². The summed E-state index contributed by atoms with van der Waals surface area (Å²) in [6.07, 6.45) is -1.06. The number of nitrogens with zero attached hydrogens (tertiary/aromatic N) is 2. The summed E-state index contributed by atoms with van der Waals surface area (Å²) in [7, 11) is 0. The molecule has 1 saturated heterocycles. The quantitative estimate of drug-likeness (QED) is 0.467. The van der Waals surface area contributed by atoms with Crippen LogP contribution in [0.2, 0.25) is 0 Å².